The molecule has 1 aliphatic rings. The summed E-state index contributed by atoms with van der Waals surface area (Å²) in [6.07, 6.45) is 0. The molecule has 3 amide bonds. The summed E-state index contributed by atoms with van der Waals surface area (Å²) in [5.74, 6) is -1.67. The lowest BCUT2D eigenvalue weighted by atomic mass is 10.1. The van der Waals surface area contributed by atoms with Gasteiger partial charge in [-0.15, -0.1) is 0 Å². The second-order valence-corrected chi connectivity index (χ2v) is 8.34. The van der Waals surface area contributed by atoms with E-state index in [1.54, 1.807) is 36.4 Å². The summed E-state index contributed by atoms with van der Waals surface area (Å²) in [7, 11) is 0. The van der Waals surface area contributed by atoms with Crippen LogP contribution in [-0.2, 0) is 9.59 Å². The number of rotatable bonds is 5. The standard InChI is InChI=1S/C24H16Cl3N3O3/c1-13-5-2-3-7-17(13)29-22(31)14-9-11-15(12-10-14)28-21-20(27)23(32)30(24(21)33)18-8-4-6-16(25)19(18)26/h2-12,28H,1H3,(H,29,31). The van der Waals surface area contributed by atoms with Crippen LogP contribution >= 0.6 is 34.8 Å². The number of nitrogens with zero attached hydrogens (tertiary/aromatic N) is 1. The van der Waals surface area contributed by atoms with E-state index in [1.807, 2.05) is 31.2 Å². The molecule has 0 aromatic heterocycles. The summed E-state index contributed by atoms with van der Waals surface area (Å²) in [5.41, 5.74) is 2.59. The van der Waals surface area contributed by atoms with E-state index in [2.05, 4.69) is 10.6 Å². The predicted molar refractivity (Wildman–Crippen MR) is 131 cm³/mol. The first-order valence-electron chi connectivity index (χ1n) is 9.74. The quantitative estimate of drug-likeness (QED) is 0.422. The largest absolute Gasteiger partial charge is 0.350 e. The van der Waals surface area contributed by atoms with Crippen molar-refractivity contribution in [1.82, 2.24) is 0 Å². The minimum atomic E-state index is -0.720. The Bertz CT molecular complexity index is 1320. The van der Waals surface area contributed by atoms with Crippen molar-refractivity contribution in [2.24, 2.45) is 0 Å². The molecule has 0 saturated carbocycles. The molecule has 3 aromatic rings. The molecule has 4 rings (SSSR count). The Morgan fingerprint density at radius 2 is 1.55 bits per heavy atom. The number of carbonyl (C=O) groups is 3. The highest BCUT2D eigenvalue weighted by Crippen LogP contribution is 2.37. The zero-order chi connectivity index (χ0) is 23.7. The molecule has 0 radical (unpaired) electrons. The van der Waals surface area contributed by atoms with Gasteiger partial charge in [0.25, 0.3) is 17.7 Å². The highest BCUT2D eigenvalue weighted by atomic mass is 35.5. The summed E-state index contributed by atoms with van der Waals surface area (Å²) >= 11 is 18.4. The summed E-state index contributed by atoms with van der Waals surface area (Å²) in [4.78, 5) is 39.0. The average Bonchev–Trinajstić information content (AvgIpc) is 3.01. The number of para-hydroxylation sites is 1. The molecule has 33 heavy (non-hydrogen) atoms. The lowest BCUT2D eigenvalue weighted by Crippen LogP contribution is -2.32. The number of halogens is 3. The van der Waals surface area contributed by atoms with Crippen LogP contribution < -0.4 is 15.5 Å². The van der Waals surface area contributed by atoms with Gasteiger partial charge in [0.05, 0.1) is 15.7 Å². The Kier molecular flexibility index (Phi) is 6.42. The molecule has 0 atom stereocenters. The maximum Gasteiger partial charge on any atom is 0.283 e. The van der Waals surface area contributed by atoms with Crippen molar-refractivity contribution in [3.63, 3.8) is 0 Å². The van der Waals surface area contributed by atoms with Crippen LogP contribution in [0.1, 0.15) is 15.9 Å². The number of carbonyl (C=O) groups excluding carboxylic acids is 3. The Morgan fingerprint density at radius 1 is 0.848 bits per heavy atom. The monoisotopic (exact) mass is 499 g/mol. The van der Waals surface area contributed by atoms with Crippen LogP contribution in [0.4, 0.5) is 17.1 Å². The molecule has 1 heterocycles. The Hall–Kier alpha value is -3.32. The molecule has 0 saturated heterocycles. The molecular formula is C24H16Cl3N3O3. The second-order valence-electron chi connectivity index (χ2n) is 7.18. The van der Waals surface area contributed by atoms with Crippen LogP contribution in [0.3, 0.4) is 0 Å². The van der Waals surface area contributed by atoms with Crippen LogP contribution in [0.25, 0.3) is 0 Å². The third kappa shape index (κ3) is 4.46. The van der Waals surface area contributed by atoms with E-state index in [1.165, 1.54) is 6.07 Å². The third-order valence-electron chi connectivity index (χ3n) is 5.01. The van der Waals surface area contributed by atoms with Gasteiger partial charge in [-0.25, -0.2) is 4.90 Å². The third-order valence-corrected chi connectivity index (χ3v) is 6.17. The highest BCUT2D eigenvalue weighted by molar-refractivity contribution is 6.54. The van der Waals surface area contributed by atoms with E-state index in [-0.39, 0.29) is 32.4 Å². The Balaban J connectivity index is 1.51. The number of benzene rings is 3. The van der Waals surface area contributed by atoms with Crippen molar-refractivity contribution < 1.29 is 14.4 Å². The molecule has 1 aliphatic heterocycles. The van der Waals surface area contributed by atoms with Gasteiger partial charge < -0.3 is 10.6 Å². The first-order valence-corrected chi connectivity index (χ1v) is 10.9. The molecular weight excluding hydrogens is 485 g/mol. The topological polar surface area (TPSA) is 78.5 Å². The number of hydrogen-bond acceptors (Lipinski definition) is 4. The van der Waals surface area contributed by atoms with Crippen LogP contribution in [0.5, 0.6) is 0 Å². The zero-order valence-electron chi connectivity index (χ0n) is 17.2. The minimum Gasteiger partial charge on any atom is -0.350 e. The number of hydrogen-bond donors (Lipinski definition) is 2. The fourth-order valence-electron chi connectivity index (χ4n) is 3.25. The Labute approximate surface area is 204 Å². The van der Waals surface area contributed by atoms with Crippen molar-refractivity contribution in [3.05, 3.63) is 98.6 Å². The average molecular weight is 501 g/mol. The SMILES string of the molecule is Cc1ccccc1NC(=O)c1ccc(NC2=C(Cl)C(=O)N(c3cccc(Cl)c3Cl)C2=O)cc1. The molecule has 0 aliphatic carbocycles. The molecule has 0 fully saturated rings. The molecule has 6 nitrogen and oxygen atoms in total. The smallest absolute Gasteiger partial charge is 0.283 e. The van der Waals surface area contributed by atoms with E-state index in [0.29, 0.717) is 11.3 Å². The first-order chi connectivity index (χ1) is 15.8. The lowest BCUT2D eigenvalue weighted by Gasteiger charge is -2.17. The van der Waals surface area contributed by atoms with Crippen molar-refractivity contribution in [1.29, 1.82) is 0 Å². The van der Waals surface area contributed by atoms with Crippen molar-refractivity contribution >= 4 is 69.6 Å². The molecule has 166 valence electrons. The fraction of sp³-hybridized carbons (Fsp3) is 0.0417. The molecule has 2 N–H and O–H groups in total. The van der Waals surface area contributed by atoms with Gasteiger partial charge in [0.2, 0.25) is 0 Å². The second kappa shape index (κ2) is 9.27. The van der Waals surface area contributed by atoms with Gasteiger partial charge in [-0.3, -0.25) is 14.4 Å². The summed E-state index contributed by atoms with van der Waals surface area (Å²) in [6.45, 7) is 1.90. The summed E-state index contributed by atoms with van der Waals surface area (Å²) in [5, 5.41) is 5.70. The van der Waals surface area contributed by atoms with Gasteiger partial charge in [0.1, 0.15) is 10.7 Å². The molecule has 0 spiro atoms. The number of amides is 3. The van der Waals surface area contributed by atoms with E-state index in [0.717, 1.165) is 16.2 Å². The van der Waals surface area contributed by atoms with Gasteiger partial charge in [-0.05, 0) is 55.0 Å². The van der Waals surface area contributed by atoms with E-state index >= 15 is 0 Å². The number of aryl methyl sites for hydroxylation is 1. The predicted octanol–water partition coefficient (Wildman–Crippen LogP) is 5.99. The maximum atomic E-state index is 12.9. The van der Waals surface area contributed by atoms with E-state index in [4.69, 9.17) is 34.8 Å². The first kappa shape index (κ1) is 22.9. The van der Waals surface area contributed by atoms with E-state index in [9.17, 15) is 14.4 Å². The molecule has 0 unspecified atom stereocenters. The van der Waals surface area contributed by atoms with Crippen LogP contribution in [0, 0.1) is 6.92 Å². The molecule has 0 bridgehead atoms. The highest BCUT2D eigenvalue weighted by Gasteiger charge is 2.40. The number of nitrogens with one attached hydrogen (secondary N) is 2. The van der Waals surface area contributed by atoms with Gasteiger partial charge in [0, 0.05) is 16.9 Å². The van der Waals surface area contributed by atoms with Gasteiger partial charge >= 0.3 is 0 Å². The minimum absolute atomic E-state index is 0.0654. The van der Waals surface area contributed by atoms with Crippen LogP contribution in [0.2, 0.25) is 10.0 Å². The van der Waals surface area contributed by atoms with Crippen molar-refractivity contribution in [3.8, 4) is 0 Å². The van der Waals surface area contributed by atoms with Crippen molar-refractivity contribution in [2.75, 3.05) is 15.5 Å². The van der Waals surface area contributed by atoms with Gasteiger partial charge in [-0.1, -0.05) is 59.1 Å². The van der Waals surface area contributed by atoms with Crippen LogP contribution in [-0.4, -0.2) is 17.7 Å². The number of anilines is 3. The Morgan fingerprint density at radius 3 is 2.24 bits per heavy atom. The van der Waals surface area contributed by atoms with Crippen LogP contribution in [0.15, 0.2) is 77.5 Å². The fourth-order valence-corrected chi connectivity index (χ4v) is 3.84. The summed E-state index contributed by atoms with van der Waals surface area (Å²) < 4.78 is 0. The maximum absolute atomic E-state index is 12.9. The van der Waals surface area contributed by atoms with Crippen molar-refractivity contribution in [2.45, 2.75) is 6.92 Å². The number of imide groups is 1. The van der Waals surface area contributed by atoms with E-state index < -0.39 is 11.8 Å². The lowest BCUT2D eigenvalue weighted by molar-refractivity contribution is -0.120. The summed E-state index contributed by atoms with van der Waals surface area (Å²) in [6, 6.07) is 18.5. The zero-order valence-corrected chi connectivity index (χ0v) is 19.4. The molecule has 9 heteroatoms. The normalized spacial score (nSPS) is 13.5. The van der Waals surface area contributed by atoms with Gasteiger partial charge in [0.15, 0.2) is 0 Å². The molecule has 3 aromatic carbocycles. The van der Waals surface area contributed by atoms with Gasteiger partial charge in [-0.2, -0.15) is 0 Å².